The van der Waals surface area contributed by atoms with Gasteiger partial charge in [-0.3, -0.25) is 9.59 Å². The van der Waals surface area contributed by atoms with E-state index in [0.717, 1.165) is 12.1 Å². The molecule has 1 aliphatic rings. The number of carbonyl (C=O) groups excluding carboxylic acids is 2. The number of aromatic nitrogens is 2. The Morgan fingerprint density at radius 3 is 2.47 bits per heavy atom. The van der Waals surface area contributed by atoms with E-state index in [2.05, 4.69) is 9.97 Å². The quantitative estimate of drug-likeness (QED) is 0.640. The molecule has 9 heteroatoms. The van der Waals surface area contributed by atoms with Crippen molar-refractivity contribution in [1.29, 1.82) is 0 Å². The molecule has 6 nitrogen and oxygen atoms in total. The summed E-state index contributed by atoms with van der Waals surface area (Å²) in [6.07, 6.45) is -3.03. The first-order valence-corrected chi connectivity index (χ1v) is 9.22. The minimum atomic E-state index is -4.46. The Morgan fingerprint density at radius 1 is 1.03 bits per heavy atom. The number of pyridine rings is 2. The first-order chi connectivity index (χ1) is 14.3. The number of hydrogen-bond acceptors (Lipinski definition) is 5. The summed E-state index contributed by atoms with van der Waals surface area (Å²) in [6, 6.07) is 10.3. The fourth-order valence-corrected chi connectivity index (χ4v) is 3.14. The summed E-state index contributed by atoms with van der Waals surface area (Å²) >= 11 is 0. The molecule has 0 bridgehead atoms. The van der Waals surface area contributed by atoms with Crippen LogP contribution in [-0.2, 0) is 11.0 Å². The van der Waals surface area contributed by atoms with Gasteiger partial charge >= 0.3 is 6.18 Å². The highest BCUT2D eigenvalue weighted by atomic mass is 19.4. The number of piperidine rings is 1. The zero-order valence-electron chi connectivity index (χ0n) is 15.6. The van der Waals surface area contributed by atoms with Gasteiger partial charge in [0.15, 0.2) is 0 Å². The molecule has 2 aromatic heterocycles. The molecule has 3 heterocycles. The van der Waals surface area contributed by atoms with E-state index in [1.165, 1.54) is 0 Å². The lowest BCUT2D eigenvalue weighted by Gasteiger charge is -2.25. The average molecular weight is 415 g/mol. The summed E-state index contributed by atoms with van der Waals surface area (Å²) in [5.74, 6) is 0.339. The Labute approximate surface area is 169 Å². The number of hydrogen-bond donors (Lipinski definition) is 0. The number of carbonyl (C=O) groups is 2. The van der Waals surface area contributed by atoms with Gasteiger partial charge in [-0.1, -0.05) is 6.07 Å². The second-order valence-electron chi connectivity index (χ2n) is 6.87. The maximum absolute atomic E-state index is 12.6. The molecule has 4 rings (SSSR count). The lowest BCUT2D eigenvalue weighted by molar-refractivity contribution is -0.137. The molecule has 1 saturated heterocycles. The van der Waals surface area contributed by atoms with Crippen LogP contribution < -0.4 is 4.74 Å². The van der Waals surface area contributed by atoms with Gasteiger partial charge in [-0.15, -0.1) is 0 Å². The number of likely N-dealkylation sites (tertiary alicyclic amines) is 1. The Hall–Kier alpha value is -3.49. The maximum Gasteiger partial charge on any atom is 0.417 e. The van der Waals surface area contributed by atoms with Gasteiger partial charge in [-0.25, -0.2) is 9.97 Å². The molecule has 1 fully saturated rings. The van der Waals surface area contributed by atoms with Gasteiger partial charge in [-0.05, 0) is 30.3 Å². The number of fused-ring (bicyclic) bond motifs is 1. The molecule has 0 N–H and O–H groups in total. The molecular formula is C21H16F3N3O3. The van der Waals surface area contributed by atoms with Gasteiger partial charge in [0.05, 0.1) is 11.1 Å². The number of nitrogens with zero attached hydrogens (tertiary/aromatic N) is 3. The number of benzene rings is 1. The van der Waals surface area contributed by atoms with Crippen molar-refractivity contribution in [3.05, 3.63) is 59.9 Å². The molecule has 154 valence electrons. The standard InChI is InChI=1S/C21H16F3N3O3/c22-21(23,24)14-2-6-19(25-12-14)30-16-3-5-17-13(11-16)1-4-18(26-17)20(29)27-9-7-15(28)8-10-27/h1-6,11-12H,7-10H2. The molecule has 0 unspecified atom stereocenters. The van der Waals surface area contributed by atoms with Gasteiger partial charge in [0.2, 0.25) is 5.88 Å². The van der Waals surface area contributed by atoms with Crippen LogP contribution in [0.5, 0.6) is 11.6 Å². The molecule has 30 heavy (non-hydrogen) atoms. The van der Waals surface area contributed by atoms with Crippen LogP contribution in [0.3, 0.4) is 0 Å². The molecule has 0 spiro atoms. The SMILES string of the molecule is O=C1CCN(C(=O)c2ccc3cc(Oc4ccc(C(F)(F)F)cn4)ccc3n2)CC1. The lowest BCUT2D eigenvalue weighted by atomic mass is 10.1. The second kappa shape index (κ2) is 7.74. The van der Waals surface area contributed by atoms with Crippen molar-refractivity contribution in [3.63, 3.8) is 0 Å². The molecule has 0 aliphatic carbocycles. The van der Waals surface area contributed by atoms with E-state index >= 15 is 0 Å². The van der Waals surface area contributed by atoms with E-state index < -0.39 is 11.7 Å². The van der Waals surface area contributed by atoms with Crippen LogP contribution in [0.15, 0.2) is 48.7 Å². The summed E-state index contributed by atoms with van der Waals surface area (Å²) < 4.78 is 43.4. The van der Waals surface area contributed by atoms with E-state index in [1.54, 1.807) is 35.2 Å². The number of ether oxygens (including phenoxy) is 1. The number of amides is 1. The monoisotopic (exact) mass is 415 g/mol. The van der Waals surface area contributed by atoms with Gasteiger partial charge < -0.3 is 9.64 Å². The third kappa shape index (κ3) is 4.24. The van der Waals surface area contributed by atoms with Crippen LogP contribution in [-0.4, -0.2) is 39.6 Å². The van der Waals surface area contributed by atoms with E-state index in [-0.39, 0.29) is 23.3 Å². The van der Waals surface area contributed by atoms with Gasteiger partial charge in [0.1, 0.15) is 17.2 Å². The Bertz CT molecular complexity index is 1100. The van der Waals surface area contributed by atoms with Crippen molar-refractivity contribution in [2.24, 2.45) is 0 Å². The summed E-state index contributed by atoms with van der Waals surface area (Å²) in [5, 5.41) is 0.699. The average Bonchev–Trinajstić information content (AvgIpc) is 2.73. The van der Waals surface area contributed by atoms with Crippen LogP contribution >= 0.6 is 0 Å². The highest BCUT2D eigenvalue weighted by Gasteiger charge is 2.30. The number of alkyl halides is 3. The number of rotatable bonds is 3. The summed E-state index contributed by atoms with van der Waals surface area (Å²) in [6.45, 7) is 0.786. The lowest BCUT2D eigenvalue weighted by Crippen LogP contribution is -2.38. The van der Waals surface area contributed by atoms with Gasteiger partial charge in [0, 0.05) is 43.6 Å². The Morgan fingerprint density at radius 2 is 1.80 bits per heavy atom. The van der Waals surface area contributed by atoms with Crippen molar-refractivity contribution in [1.82, 2.24) is 14.9 Å². The van der Waals surface area contributed by atoms with Crippen LogP contribution in [0.2, 0.25) is 0 Å². The normalized spacial score (nSPS) is 14.8. The fraction of sp³-hybridized carbons (Fsp3) is 0.238. The first-order valence-electron chi connectivity index (χ1n) is 9.22. The summed E-state index contributed by atoms with van der Waals surface area (Å²) in [5.41, 5.74) is 0.00409. The van der Waals surface area contributed by atoms with E-state index in [9.17, 15) is 22.8 Å². The van der Waals surface area contributed by atoms with Crippen molar-refractivity contribution in [2.45, 2.75) is 19.0 Å². The molecular weight excluding hydrogens is 399 g/mol. The highest BCUT2D eigenvalue weighted by molar-refractivity contribution is 5.96. The minimum Gasteiger partial charge on any atom is -0.439 e. The molecule has 0 saturated carbocycles. The van der Waals surface area contributed by atoms with Crippen LogP contribution in [0.4, 0.5) is 13.2 Å². The summed E-state index contributed by atoms with van der Waals surface area (Å²) in [7, 11) is 0. The van der Waals surface area contributed by atoms with Crippen molar-refractivity contribution in [3.8, 4) is 11.6 Å². The third-order valence-electron chi connectivity index (χ3n) is 4.77. The van der Waals surface area contributed by atoms with Crippen LogP contribution in [0.25, 0.3) is 10.9 Å². The highest BCUT2D eigenvalue weighted by Crippen LogP contribution is 2.30. The summed E-state index contributed by atoms with van der Waals surface area (Å²) in [4.78, 5) is 33.6. The fourth-order valence-electron chi connectivity index (χ4n) is 3.14. The van der Waals surface area contributed by atoms with E-state index in [4.69, 9.17) is 4.74 Å². The Balaban J connectivity index is 1.50. The topological polar surface area (TPSA) is 72.4 Å². The van der Waals surface area contributed by atoms with E-state index in [1.807, 2.05) is 0 Å². The minimum absolute atomic E-state index is 0.0294. The predicted molar refractivity (Wildman–Crippen MR) is 101 cm³/mol. The smallest absolute Gasteiger partial charge is 0.417 e. The maximum atomic E-state index is 12.6. The number of halogens is 3. The largest absolute Gasteiger partial charge is 0.439 e. The number of Topliss-reactive ketones (excluding diaryl/α,β-unsaturated/α-hetero) is 1. The number of ketones is 1. The molecule has 3 aromatic rings. The van der Waals surface area contributed by atoms with E-state index in [0.29, 0.717) is 48.8 Å². The zero-order valence-corrected chi connectivity index (χ0v) is 15.6. The van der Waals surface area contributed by atoms with Crippen molar-refractivity contribution >= 4 is 22.6 Å². The molecule has 1 aromatic carbocycles. The van der Waals surface area contributed by atoms with Gasteiger partial charge in [-0.2, -0.15) is 13.2 Å². The van der Waals surface area contributed by atoms with Gasteiger partial charge in [0.25, 0.3) is 5.91 Å². The van der Waals surface area contributed by atoms with Crippen molar-refractivity contribution in [2.75, 3.05) is 13.1 Å². The van der Waals surface area contributed by atoms with Crippen LogP contribution in [0, 0.1) is 0 Å². The first kappa shape index (κ1) is 19.8. The molecule has 1 aliphatic heterocycles. The zero-order chi connectivity index (χ0) is 21.3. The third-order valence-corrected chi connectivity index (χ3v) is 4.77. The molecule has 0 atom stereocenters. The molecule has 0 radical (unpaired) electrons. The molecule has 1 amide bonds. The Kier molecular flexibility index (Phi) is 5.11. The second-order valence-corrected chi connectivity index (χ2v) is 6.87. The predicted octanol–water partition coefficient (Wildman–Crippen LogP) is 4.25. The van der Waals surface area contributed by atoms with Crippen LogP contribution in [0.1, 0.15) is 28.9 Å². The van der Waals surface area contributed by atoms with Crippen molar-refractivity contribution < 1.29 is 27.5 Å².